The highest BCUT2D eigenvalue weighted by Crippen LogP contribution is 2.68. The predicted octanol–water partition coefficient (Wildman–Crippen LogP) is 6.92. The Kier molecular flexibility index (Phi) is 3.64. The van der Waals surface area contributed by atoms with Crippen LogP contribution in [0.1, 0.15) is 86.0 Å². The van der Waals surface area contributed by atoms with E-state index in [4.69, 9.17) is 0 Å². The van der Waals surface area contributed by atoms with Crippen LogP contribution < -0.4 is 0 Å². The average molecular weight is 313 g/mol. The molecule has 3 saturated carbocycles. The molecule has 6 atom stereocenters. The summed E-state index contributed by atoms with van der Waals surface area (Å²) in [6.07, 6.45) is 14.1. The van der Waals surface area contributed by atoms with Gasteiger partial charge in [-0.2, -0.15) is 0 Å². The fraction of sp³-hybridized carbons (Fsp3) is 0.826. The van der Waals surface area contributed by atoms with E-state index in [1.54, 1.807) is 11.1 Å². The number of hydrogen-bond acceptors (Lipinski definition) is 0. The van der Waals surface area contributed by atoms with Gasteiger partial charge in [0.25, 0.3) is 0 Å². The van der Waals surface area contributed by atoms with Gasteiger partial charge in [0.15, 0.2) is 0 Å². The van der Waals surface area contributed by atoms with Gasteiger partial charge in [0.05, 0.1) is 0 Å². The molecule has 0 aromatic heterocycles. The van der Waals surface area contributed by atoms with Gasteiger partial charge >= 0.3 is 0 Å². The van der Waals surface area contributed by atoms with Crippen molar-refractivity contribution in [2.45, 2.75) is 86.0 Å². The van der Waals surface area contributed by atoms with Crippen molar-refractivity contribution in [3.05, 3.63) is 22.8 Å². The van der Waals surface area contributed by atoms with E-state index in [1.807, 2.05) is 5.57 Å². The number of rotatable bonds is 1. The second-order valence-electron chi connectivity index (χ2n) is 9.80. The highest BCUT2D eigenvalue weighted by molar-refractivity contribution is 5.31. The molecule has 0 heterocycles. The summed E-state index contributed by atoms with van der Waals surface area (Å²) in [5, 5.41) is 0. The average Bonchev–Trinajstić information content (AvgIpc) is 3.04. The smallest absolute Gasteiger partial charge is 0.00798 e. The molecule has 0 aliphatic heterocycles. The molecule has 0 aromatic rings. The lowest BCUT2D eigenvalue weighted by Gasteiger charge is -2.56. The Hall–Kier alpha value is -0.520. The van der Waals surface area contributed by atoms with Crippen LogP contribution in [0, 0.1) is 34.5 Å². The molecule has 4 aliphatic rings. The molecule has 3 fully saturated rings. The summed E-state index contributed by atoms with van der Waals surface area (Å²) >= 11 is 0. The highest BCUT2D eigenvalue weighted by atomic mass is 14.6. The number of allylic oxidation sites excluding steroid dienone is 4. The van der Waals surface area contributed by atoms with Gasteiger partial charge in [0.2, 0.25) is 0 Å². The first-order valence-corrected chi connectivity index (χ1v) is 10.2. The fourth-order valence-electron chi connectivity index (χ4n) is 7.89. The molecular formula is C23H36. The van der Waals surface area contributed by atoms with Gasteiger partial charge in [-0.25, -0.2) is 0 Å². The molecular weight excluding hydrogens is 276 g/mol. The summed E-state index contributed by atoms with van der Waals surface area (Å²) < 4.78 is 0. The molecule has 0 nitrogen and oxygen atoms in total. The Morgan fingerprint density at radius 2 is 1.78 bits per heavy atom. The lowest BCUT2D eigenvalue weighted by atomic mass is 9.48. The minimum atomic E-state index is 0.571. The first-order valence-electron chi connectivity index (χ1n) is 10.2. The molecule has 0 aromatic carbocycles. The Morgan fingerprint density at radius 1 is 1.00 bits per heavy atom. The van der Waals surface area contributed by atoms with E-state index in [2.05, 4.69) is 40.7 Å². The van der Waals surface area contributed by atoms with Crippen LogP contribution in [0.2, 0.25) is 0 Å². The molecule has 0 bridgehead atoms. The summed E-state index contributed by atoms with van der Waals surface area (Å²) in [7, 11) is 0. The van der Waals surface area contributed by atoms with Crippen LogP contribution in [0.15, 0.2) is 22.8 Å². The van der Waals surface area contributed by atoms with Crippen molar-refractivity contribution < 1.29 is 0 Å². The van der Waals surface area contributed by atoms with E-state index in [0.717, 1.165) is 23.7 Å². The summed E-state index contributed by atoms with van der Waals surface area (Å²) in [6.45, 7) is 12.4. The third kappa shape index (κ3) is 2.02. The third-order valence-electron chi connectivity index (χ3n) is 9.21. The van der Waals surface area contributed by atoms with Crippen LogP contribution in [-0.4, -0.2) is 0 Å². The molecule has 0 radical (unpaired) electrons. The van der Waals surface area contributed by atoms with Crippen molar-refractivity contribution in [1.29, 1.82) is 0 Å². The summed E-state index contributed by atoms with van der Waals surface area (Å²) in [6, 6.07) is 0. The van der Waals surface area contributed by atoms with Gasteiger partial charge in [-0.3, -0.25) is 0 Å². The molecule has 23 heavy (non-hydrogen) atoms. The second kappa shape index (κ2) is 5.24. The maximum absolute atomic E-state index is 2.66. The molecule has 6 unspecified atom stereocenters. The fourth-order valence-corrected chi connectivity index (χ4v) is 7.89. The summed E-state index contributed by atoms with van der Waals surface area (Å²) in [5.74, 6) is 3.88. The minimum absolute atomic E-state index is 0.571. The van der Waals surface area contributed by atoms with Crippen LogP contribution in [-0.2, 0) is 0 Å². The van der Waals surface area contributed by atoms with E-state index in [9.17, 15) is 0 Å². The first kappa shape index (κ1) is 16.0. The van der Waals surface area contributed by atoms with E-state index in [-0.39, 0.29) is 0 Å². The van der Waals surface area contributed by atoms with Gasteiger partial charge in [-0.15, -0.1) is 0 Å². The Labute approximate surface area is 143 Å². The summed E-state index contributed by atoms with van der Waals surface area (Å²) in [4.78, 5) is 0. The van der Waals surface area contributed by atoms with E-state index < -0.39 is 0 Å². The molecule has 4 aliphatic carbocycles. The molecule has 0 spiro atoms. The number of hydrogen-bond donors (Lipinski definition) is 0. The number of fused-ring (bicyclic) bond motifs is 5. The Bertz CT molecular complexity index is 565. The van der Waals surface area contributed by atoms with Gasteiger partial charge in [0.1, 0.15) is 0 Å². The van der Waals surface area contributed by atoms with Gasteiger partial charge in [-0.1, -0.05) is 36.6 Å². The molecule has 0 amide bonds. The lowest BCUT2D eigenvalue weighted by Crippen LogP contribution is -2.49. The van der Waals surface area contributed by atoms with E-state index in [0.29, 0.717) is 10.8 Å². The van der Waals surface area contributed by atoms with Crippen LogP contribution in [0.3, 0.4) is 0 Å². The third-order valence-corrected chi connectivity index (χ3v) is 9.21. The van der Waals surface area contributed by atoms with Gasteiger partial charge in [-0.05, 0) is 107 Å². The quantitative estimate of drug-likeness (QED) is 0.461. The largest absolute Gasteiger partial charge is 0.0884 e. The minimum Gasteiger partial charge on any atom is -0.0884 e. The maximum atomic E-state index is 2.66. The van der Waals surface area contributed by atoms with Gasteiger partial charge < -0.3 is 0 Å². The zero-order chi connectivity index (χ0) is 16.4. The van der Waals surface area contributed by atoms with Crippen LogP contribution in [0.25, 0.3) is 0 Å². The highest BCUT2D eigenvalue weighted by Gasteiger charge is 2.59. The SMILES string of the molecule is CC=C(C)C1CCC2C3CCC4=C(C)CCC4(C)C3CCC12C. The predicted molar refractivity (Wildman–Crippen MR) is 99.2 cm³/mol. The molecule has 128 valence electrons. The van der Waals surface area contributed by atoms with E-state index >= 15 is 0 Å². The summed E-state index contributed by atoms with van der Waals surface area (Å²) in [5.41, 5.74) is 6.49. The van der Waals surface area contributed by atoms with Crippen LogP contribution >= 0.6 is 0 Å². The van der Waals surface area contributed by atoms with Crippen molar-refractivity contribution in [2.24, 2.45) is 34.5 Å². The monoisotopic (exact) mass is 312 g/mol. The maximum Gasteiger partial charge on any atom is -0.00798 e. The van der Waals surface area contributed by atoms with E-state index in [1.165, 1.54) is 51.4 Å². The standard InChI is InChI=1S/C23H36/c1-6-15(2)18-9-10-20-17-7-8-19-16(3)11-13-22(19,4)21(17)12-14-23(18,20)5/h6,17-18,20-21H,7-14H2,1-5H3. The molecule has 0 N–H and O–H groups in total. The second-order valence-corrected chi connectivity index (χ2v) is 9.80. The lowest BCUT2D eigenvalue weighted by molar-refractivity contribution is -0.0405. The first-order chi connectivity index (χ1) is 10.9. The van der Waals surface area contributed by atoms with Crippen molar-refractivity contribution in [1.82, 2.24) is 0 Å². The zero-order valence-corrected chi connectivity index (χ0v) is 16.0. The topological polar surface area (TPSA) is 0 Å². The van der Waals surface area contributed by atoms with Crippen molar-refractivity contribution in [2.75, 3.05) is 0 Å². The Balaban J connectivity index is 1.66. The normalized spacial score (nSPS) is 49.9. The van der Waals surface area contributed by atoms with Crippen LogP contribution in [0.4, 0.5) is 0 Å². The zero-order valence-electron chi connectivity index (χ0n) is 16.0. The molecule has 0 heteroatoms. The Morgan fingerprint density at radius 3 is 2.52 bits per heavy atom. The van der Waals surface area contributed by atoms with Gasteiger partial charge in [0, 0.05) is 0 Å². The molecule has 4 rings (SSSR count). The van der Waals surface area contributed by atoms with Crippen molar-refractivity contribution in [3.63, 3.8) is 0 Å². The molecule has 0 saturated heterocycles. The van der Waals surface area contributed by atoms with Crippen molar-refractivity contribution in [3.8, 4) is 0 Å². The van der Waals surface area contributed by atoms with Crippen molar-refractivity contribution >= 4 is 0 Å². The van der Waals surface area contributed by atoms with Crippen LogP contribution in [0.5, 0.6) is 0 Å².